The van der Waals surface area contributed by atoms with Crippen LogP contribution in [0, 0.1) is 5.89 Å². The number of benzene rings is 1. The Labute approximate surface area is 143 Å². The zero-order chi connectivity index (χ0) is 23.0. The Morgan fingerprint density at radius 3 is 3.32 bits per heavy atom. The van der Waals surface area contributed by atoms with Gasteiger partial charge in [0.1, 0.15) is 12.2 Å². The molecule has 1 spiro atoms. The first-order valence-corrected chi connectivity index (χ1v) is 7.20. The highest BCUT2D eigenvalue weighted by atomic mass is 16.5. The Morgan fingerprint density at radius 1 is 1.55 bits per heavy atom. The Hall–Kier alpha value is -1.52. The summed E-state index contributed by atoms with van der Waals surface area (Å²) in [6.07, 6.45) is -5.59. The summed E-state index contributed by atoms with van der Waals surface area (Å²) in [6, 6.07) is 0.268. The molecule has 116 valence electrons. The van der Waals surface area contributed by atoms with Gasteiger partial charge in [-0.05, 0) is 38.0 Å². The van der Waals surface area contributed by atoms with Crippen molar-refractivity contribution in [2.24, 2.45) is 5.89 Å². The van der Waals surface area contributed by atoms with Gasteiger partial charge in [0.15, 0.2) is 11.5 Å². The molecule has 2 aliphatic carbocycles. The van der Waals surface area contributed by atoms with Crippen LogP contribution in [0.15, 0.2) is 24.3 Å². The molecule has 1 N–H and O–H groups in total. The third-order valence-electron chi connectivity index (χ3n) is 5.06. The van der Waals surface area contributed by atoms with E-state index in [1.165, 1.54) is 24.1 Å². The van der Waals surface area contributed by atoms with Gasteiger partial charge in [-0.1, -0.05) is 18.2 Å². The van der Waals surface area contributed by atoms with Crippen LogP contribution in [0.2, 0.25) is 0 Å². The molecular weight excluding hydrogens is 278 g/mol. The van der Waals surface area contributed by atoms with E-state index < -0.39 is 42.9 Å². The minimum absolute atomic E-state index is 0.00988. The summed E-state index contributed by atoms with van der Waals surface area (Å²) in [7, 11) is -1.34. The first kappa shape index (κ1) is 6.93. The molecule has 22 heavy (non-hydrogen) atoms. The number of likely N-dealkylation sites (N-methyl/N-ethyl adjacent to an activating group) is 1. The molecule has 5 rings (SSSR count). The second kappa shape index (κ2) is 4.06. The summed E-state index contributed by atoms with van der Waals surface area (Å²) in [6.45, 7) is 0.0980. The van der Waals surface area contributed by atoms with Gasteiger partial charge in [-0.15, -0.1) is 0 Å². The molecule has 5 atom stereocenters. The molecule has 4 heteroatoms. The third-order valence-corrected chi connectivity index (χ3v) is 5.06. The van der Waals surface area contributed by atoms with Crippen molar-refractivity contribution >= 4 is 0 Å². The second-order valence-corrected chi connectivity index (χ2v) is 6.03. The number of hydrogen-bond donors (Lipinski definition) is 1. The van der Waals surface area contributed by atoms with Gasteiger partial charge < -0.3 is 19.5 Å². The van der Waals surface area contributed by atoms with Crippen molar-refractivity contribution in [2.75, 3.05) is 20.6 Å². The SMILES string of the molecule is [2H]C([2H])([2H])Oc1ccc2c3c1OC1([2H])C([2H])(O)C=C[C@]4([2H])[C@@]31CCN(C)[C@]4([2H])C2([2H])[2H]. The highest BCUT2D eigenvalue weighted by Gasteiger charge is 2.64. The van der Waals surface area contributed by atoms with Gasteiger partial charge in [0, 0.05) is 28.4 Å². The van der Waals surface area contributed by atoms with Crippen LogP contribution in [-0.2, 0) is 11.8 Å². The van der Waals surface area contributed by atoms with Gasteiger partial charge in [-0.25, -0.2) is 0 Å². The van der Waals surface area contributed by atoms with Crippen molar-refractivity contribution in [2.45, 2.75) is 36.4 Å². The fourth-order valence-electron chi connectivity index (χ4n) is 4.08. The molecule has 1 aromatic rings. The van der Waals surface area contributed by atoms with Crippen molar-refractivity contribution in [3.05, 3.63) is 35.4 Å². The molecule has 0 saturated carbocycles. The van der Waals surface area contributed by atoms with Crippen molar-refractivity contribution in [1.29, 1.82) is 0 Å². The lowest BCUT2D eigenvalue weighted by Gasteiger charge is -2.56. The molecule has 0 radical (unpaired) electrons. The predicted molar refractivity (Wildman–Crippen MR) is 82.5 cm³/mol. The van der Waals surface area contributed by atoms with E-state index in [-0.39, 0.29) is 35.6 Å². The maximum Gasteiger partial charge on any atom is 0.165 e. The highest BCUT2D eigenvalue weighted by molar-refractivity contribution is 5.62. The summed E-state index contributed by atoms with van der Waals surface area (Å²) in [4.78, 5) is 1.41. The topological polar surface area (TPSA) is 41.9 Å². The van der Waals surface area contributed by atoms with E-state index in [0.717, 1.165) is 12.2 Å². The number of methoxy groups -OCH3 is 1. The largest absolute Gasteiger partial charge is 0.493 e. The Kier molecular flexibility index (Phi) is 1.28. The standard InChI is InChI=1S/C18H21NO3/c1-19-8-7-18-11-4-5-13(20)17(18)22-16-14(21-2)6-3-10(15(16)18)9-12(11)19/h3-6,11-13,17,20H,7-9H2,1-2H3/t11-,12+,13?,17?,18-/m0/s1/i2D3,9D2,11D,12D,13D,17D. The first-order valence-electron chi connectivity index (χ1n) is 11.7. The van der Waals surface area contributed by atoms with Crippen molar-refractivity contribution in [3.8, 4) is 11.5 Å². The number of piperidine rings is 1. The summed E-state index contributed by atoms with van der Waals surface area (Å²) >= 11 is 0. The van der Waals surface area contributed by atoms with E-state index in [4.69, 9.17) is 19.1 Å². The van der Waals surface area contributed by atoms with Gasteiger partial charge in [-0.2, -0.15) is 0 Å². The zero-order valence-electron chi connectivity index (χ0n) is 20.9. The van der Waals surface area contributed by atoms with Gasteiger partial charge >= 0.3 is 0 Å². The molecule has 2 aliphatic heterocycles. The maximum absolute atomic E-state index is 10.9. The lowest BCUT2D eigenvalue weighted by atomic mass is 9.53. The fourth-order valence-corrected chi connectivity index (χ4v) is 4.08. The summed E-state index contributed by atoms with van der Waals surface area (Å²) < 4.78 is 87.2. The lowest BCUT2D eigenvalue weighted by molar-refractivity contribution is -0.0453. The second-order valence-electron chi connectivity index (χ2n) is 6.03. The Bertz CT molecular complexity index is 1040. The zero-order valence-corrected chi connectivity index (χ0v) is 11.9. The number of aliphatic hydroxyl groups is 1. The van der Waals surface area contributed by atoms with Gasteiger partial charge in [-0.3, -0.25) is 0 Å². The highest BCUT2D eigenvalue weighted by Crippen LogP contribution is 2.62. The molecule has 1 saturated heterocycles. The van der Waals surface area contributed by atoms with Gasteiger partial charge in [0.25, 0.3) is 0 Å². The molecule has 2 unspecified atom stereocenters. The minimum atomic E-state index is -2.87. The Balaban J connectivity index is 1.96. The quantitative estimate of drug-likeness (QED) is 0.799. The monoisotopic (exact) mass is 308 g/mol. The summed E-state index contributed by atoms with van der Waals surface area (Å²) in [5.41, 5.74) is -1.83. The number of rotatable bonds is 1. The molecular formula is C18H21NO3. The number of likely N-dealkylation sites (tertiary alicyclic amines) is 1. The van der Waals surface area contributed by atoms with Crippen molar-refractivity contribution in [1.82, 2.24) is 4.90 Å². The van der Waals surface area contributed by atoms with Crippen LogP contribution in [0.25, 0.3) is 0 Å². The van der Waals surface area contributed by atoms with Gasteiger partial charge in [0.2, 0.25) is 0 Å². The first-order chi connectivity index (χ1) is 14.0. The van der Waals surface area contributed by atoms with Crippen molar-refractivity contribution in [3.63, 3.8) is 0 Å². The van der Waals surface area contributed by atoms with E-state index in [9.17, 15) is 7.85 Å². The average Bonchev–Trinajstić information content (AvgIpc) is 2.92. The minimum Gasteiger partial charge on any atom is -0.493 e. The molecule has 2 heterocycles. The van der Waals surface area contributed by atoms with Crippen molar-refractivity contribution < 1.29 is 26.9 Å². The van der Waals surface area contributed by atoms with E-state index >= 15 is 0 Å². The maximum atomic E-state index is 10.9. The Morgan fingerprint density at radius 2 is 2.45 bits per heavy atom. The lowest BCUT2D eigenvalue weighted by Crippen LogP contribution is -2.64. The molecule has 2 bridgehead atoms. The molecule has 4 aliphatic rings. The van der Waals surface area contributed by atoms with Crippen LogP contribution < -0.4 is 9.47 Å². The van der Waals surface area contributed by atoms with E-state index in [1.807, 2.05) is 0 Å². The van der Waals surface area contributed by atoms with E-state index in [2.05, 4.69) is 0 Å². The third kappa shape index (κ3) is 1.28. The number of hydrogen-bond acceptors (Lipinski definition) is 4. The van der Waals surface area contributed by atoms with E-state index in [0.29, 0.717) is 0 Å². The average molecular weight is 308 g/mol. The fraction of sp³-hybridized carbons (Fsp3) is 0.556. The number of ether oxygens (including phenoxy) is 2. The molecule has 1 aromatic carbocycles. The smallest absolute Gasteiger partial charge is 0.165 e. The molecule has 4 nitrogen and oxygen atoms in total. The molecule has 0 aromatic heterocycles. The van der Waals surface area contributed by atoms with Crippen LogP contribution >= 0.6 is 0 Å². The van der Waals surface area contributed by atoms with Gasteiger partial charge in [0.05, 0.1) is 13.9 Å². The molecule has 0 amide bonds. The summed E-state index contributed by atoms with van der Waals surface area (Å²) in [5.74, 6) is -2.70. The van der Waals surface area contributed by atoms with Crippen LogP contribution in [-0.4, -0.2) is 48.8 Å². The number of nitrogens with zero attached hydrogens (tertiary/aromatic N) is 1. The summed E-state index contributed by atoms with van der Waals surface area (Å²) in [5, 5.41) is 10.9. The van der Waals surface area contributed by atoms with Crippen LogP contribution in [0.3, 0.4) is 0 Å². The normalized spacial score (nSPS) is 63.3. The van der Waals surface area contributed by atoms with Crippen LogP contribution in [0.1, 0.15) is 29.9 Å². The van der Waals surface area contributed by atoms with Crippen LogP contribution in [0.4, 0.5) is 0 Å². The van der Waals surface area contributed by atoms with Crippen LogP contribution in [0.5, 0.6) is 11.5 Å². The van der Waals surface area contributed by atoms with E-state index in [1.54, 1.807) is 0 Å². The predicted octanol–water partition coefficient (Wildman–Crippen LogP) is 1.50. The molecule has 1 fully saturated rings.